The summed E-state index contributed by atoms with van der Waals surface area (Å²) < 4.78 is 1.77. The van der Waals surface area contributed by atoms with Crippen molar-refractivity contribution in [1.29, 1.82) is 0 Å². The number of aryl methyl sites for hydroxylation is 2. The molecule has 0 spiro atoms. The Morgan fingerprint density at radius 2 is 1.82 bits per heavy atom. The number of H-pyrrole nitrogens is 1. The topological polar surface area (TPSA) is 75.6 Å². The van der Waals surface area contributed by atoms with E-state index in [1.807, 2.05) is 68.0 Å². The van der Waals surface area contributed by atoms with E-state index < -0.39 is 6.04 Å². The largest absolute Gasteiger partial charge is 0.303 e. The number of hydrogen-bond acceptors (Lipinski definition) is 4. The number of fused-ring (bicyclic) bond motifs is 1. The van der Waals surface area contributed by atoms with Crippen LogP contribution in [0.5, 0.6) is 0 Å². The van der Waals surface area contributed by atoms with E-state index in [9.17, 15) is 4.79 Å². The fourth-order valence-electron chi connectivity index (χ4n) is 4.22. The maximum atomic E-state index is 13.7. The molecule has 0 saturated carbocycles. The van der Waals surface area contributed by atoms with Crippen LogP contribution in [0.4, 0.5) is 0 Å². The number of hydrogen-bond donors (Lipinski definition) is 2. The number of rotatable bonds is 8. The van der Waals surface area contributed by atoms with Crippen LogP contribution in [0.3, 0.4) is 0 Å². The van der Waals surface area contributed by atoms with Crippen molar-refractivity contribution in [2.45, 2.75) is 19.4 Å². The predicted molar refractivity (Wildman–Crippen MR) is 135 cm³/mol. The third kappa shape index (κ3) is 4.54. The molecular weight excluding hydrogens is 422 g/mol. The maximum Gasteiger partial charge on any atom is 0.205 e. The van der Waals surface area contributed by atoms with Crippen LogP contribution in [0.15, 0.2) is 85.2 Å². The van der Waals surface area contributed by atoms with E-state index >= 15 is 0 Å². The molecule has 170 valence electrons. The first-order valence-electron chi connectivity index (χ1n) is 11.4. The summed E-state index contributed by atoms with van der Waals surface area (Å²) in [6, 6.07) is 23.9. The number of nitrogens with one attached hydrogen (secondary N) is 2. The van der Waals surface area contributed by atoms with E-state index in [1.165, 1.54) is 11.1 Å². The molecule has 34 heavy (non-hydrogen) atoms. The van der Waals surface area contributed by atoms with Crippen molar-refractivity contribution in [2.75, 3.05) is 6.54 Å². The molecule has 3 aromatic carbocycles. The van der Waals surface area contributed by atoms with Gasteiger partial charge in [-0.1, -0.05) is 66.2 Å². The van der Waals surface area contributed by atoms with Gasteiger partial charge in [-0.05, 0) is 42.2 Å². The van der Waals surface area contributed by atoms with Gasteiger partial charge in [0.1, 0.15) is 5.69 Å². The van der Waals surface area contributed by atoms with Gasteiger partial charge in [0.2, 0.25) is 5.78 Å². The number of Topliss-reactive ketones (excluding diaryl/α,β-unsaturated/α-hetero) is 1. The van der Waals surface area contributed by atoms with E-state index in [1.54, 1.807) is 4.68 Å². The highest BCUT2D eigenvalue weighted by Gasteiger charge is 2.25. The molecule has 0 aliphatic heterocycles. The van der Waals surface area contributed by atoms with Gasteiger partial charge in [-0.2, -0.15) is 10.2 Å². The molecule has 1 atom stereocenters. The van der Waals surface area contributed by atoms with Gasteiger partial charge < -0.3 is 5.32 Å². The van der Waals surface area contributed by atoms with Crippen LogP contribution >= 0.6 is 0 Å². The Kier molecular flexibility index (Phi) is 6.06. The average molecular weight is 450 g/mol. The Labute approximate surface area is 198 Å². The second-order valence-electron chi connectivity index (χ2n) is 8.63. The fourth-order valence-corrected chi connectivity index (χ4v) is 4.22. The Morgan fingerprint density at radius 3 is 2.56 bits per heavy atom. The average Bonchev–Trinajstić information content (AvgIpc) is 3.49. The maximum absolute atomic E-state index is 13.7. The molecule has 0 amide bonds. The predicted octanol–water partition coefficient (Wildman–Crippen LogP) is 5.03. The molecule has 5 rings (SSSR count). The lowest BCUT2D eigenvalue weighted by atomic mass is 9.98. The summed E-state index contributed by atoms with van der Waals surface area (Å²) in [4.78, 5) is 13.7. The van der Waals surface area contributed by atoms with Crippen molar-refractivity contribution >= 4 is 16.7 Å². The molecule has 6 heteroatoms. The highest BCUT2D eigenvalue weighted by atomic mass is 16.1. The number of aromatic nitrogens is 4. The Bertz CT molecular complexity index is 1420. The summed E-state index contributed by atoms with van der Waals surface area (Å²) in [6.45, 7) is 2.77. The summed E-state index contributed by atoms with van der Waals surface area (Å²) >= 11 is 0. The van der Waals surface area contributed by atoms with E-state index in [4.69, 9.17) is 0 Å². The van der Waals surface area contributed by atoms with Crippen molar-refractivity contribution in [3.63, 3.8) is 0 Å². The minimum atomic E-state index is -0.476. The molecule has 0 fully saturated rings. The van der Waals surface area contributed by atoms with Crippen molar-refractivity contribution < 1.29 is 4.79 Å². The van der Waals surface area contributed by atoms with Gasteiger partial charge in [-0.3, -0.25) is 14.6 Å². The molecule has 0 radical (unpaired) electrons. The molecule has 2 N–H and O–H groups in total. The number of ketones is 1. The zero-order chi connectivity index (χ0) is 23.5. The zero-order valence-corrected chi connectivity index (χ0v) is 19.3. The first-order valence-corrected chi connectivity index (χ1v) is 11.4. The van der Waals surface area contributed by atoms with Crippen LogP contribution in [0.25, 0.3) is 22.0 Å². The number of nitrogens with zero attached hydrogens (tertiary/aromatic N) is 3. The molecule has 6 nitrogen and oxygen atoms in total. The molecule has 0 saturated heterocycles. The van der Waals surface area contributed by atoms with E-state index in [0.717, 1.165) is 34.0 Å². The van der Waals surface area contributed by atoms with Crippen LogP contribution in [0.1, 0.15) is 33.2 Å². The summed E-state index contributed by atoms with van der Waals surface area (Å²) in [5.41, 5.74) is 6.74. The van der Waals surface area contributed by atoms with Gasteiger partial charge >= 0.3 is 0 Å². The van der Waals surface area contributed by atoms with Crippen LogP contribution in [0, 0.1) is 6.92 Å². The lowest BCUT2D eigenvalue weighted by Gasteiger charge is -2.17. The molecule has 0 unspecified atom stereocenters. The standard InChI is InChI=1S/C28H27N5O/c1-19-8-10-20(11-9-19)14-15-29-26(21-6-4-3-5-7-21)28(34)27-24-13-12-22(16-25(24)31-32-27)23-17-30-33(2)18-23/h3-13,16-18,26,29H,14-15H2,1-2H3,(H,31,32)/t26-/m0/s1. The van der Waals surface area contributed by atoms with E-state index in [0.29, 0.717) is 12.2 Å². The Hall–Kier alpha value is -4.03. The molecule has 5 aromatic rings. The summed E-state index contributed by atoms with van der Waals surface area (Å²) in [7, 11) is 1.89. The van der Waals surface area contributed by atoms with Crippen molar-refractivity contribution in [3.05, 3.63) is 108 Å². The zero-order valence-electron chi connectivity index (χ0n) is 19.3. The number of aromatic amines is 1. The van der Waals surface area contributed by atoms with Gasteiger partial charge in [0.25, 0.3) is 0 Å². The van der Waals surface area contributed by atoms with Gasteiger partial charge in [0.15, 0.2) is 0 Å². The normalized spacial score (nSPS) is 12.2. The monoisotopic (exact) mass is 449 g/mol. The van der Waals surface area contributed by atoms with Gasteiger partial charge in [-0.15, -0.1) is 0 Å². The summed E-state index contributed by atoms with van der Waals surface area (Å²) in [6.07, 6.45) is 4.63. The smallest absolute Gasteiger partial charge is 0.205 e. The quantitative estimate of drug-likeness (QED) is 0.326. The minimum Gasteiger partial charge on any atom is -0.303 e. The molecule has 0 aliphatic rings. The SMILES string of the molecule is Cc1ccc(CCN[C@H](C(=O)c2n[nH]c3cc(-c4cnn(C)c4)ccc23)c2ccccc2)cc1. The molecule has 0 bridgehead atoms. The molecule has 0 aliphatic carbocycles. The van der Waals surface area contributed by atoms with Gasteiger partial charge in [0, 0.05) is 30.7 Å². The Morgan fingerprint density at radius 1 is 1.03 bits per heavy atom. The number of carbonyl (C=O) groups excluding carboxylic acids is 1. The van der Waals surface area contributed by atoms with E-state index in [-0.39, 0.29) is 5.78 Å². The highest BCUT2D eigenvalue weighted by Crippen LogP contribution is 2.27. The van der Waals surface area contributed by atoms with Crippen LogP contribution in [-0.2, 0) is 13.5 Å². The molecular formula is C28H27N5O. The third-order valence-corrected chi connectivity index (χ3v) is 6.11. The molecule has 2 aromatic heterocycles. The van der Waals surface area contributed by atoms with Crippen molar-refractivity contribution in [1.82, 2.24) is 25.3 Å². The third-order valence-electron chi connectivity index (χ3n) is 6.11. The Balaban J connectivity index is 1.40. The second-order valence-corrected chi connectivity index (χ2v) is 8.63. The lowest BCUT2D eigenvalue weighted by molar-refractivity contribution is 0.0939. The van der Waals surface area contributed by atoms with Gasteiger partial charge in [-0.25, -0.2) is 0 Å². The first kappa shape index (κ1) is 21.8. The summed E-state index contributed by atoms with van der Waals surface area (Å²) in [5.74, 6) is -0.0458. The van der Waals surface area contributed by atoms with Crippen LogP contribution < -0.4 is 5.32 Å². The second kappa shape index (κ2) is 9.45. The first-order chi connectivity index (χ1) is 16.6. The highest BCUT2D eigenvalue weighted by molar-refractivity contribution is 6.09. The van der Waals surface area contributed by atoms with Crippen molar-refractivity contribution in [2.24, 2.45) is 7.05 Å². The van der Waals surface area contributed by atoms with Crippen LogP contribution in [0.2, 0.25) is 0 Å². The number of carbonyl (C=O) groups is 1. The van der Waals surface area contributed by atoms with Gasteiger partial charge in [0.05, 0.1) is 17.8 Å². The summed E-state index contributed by atoms with van der Waals surface area (Å²) in [5, 5.41) is 16.0. The lowest BCUT2D eigenvalue weighted by Crippen LogP contribution is -2.30. The van der Waals surface area contributed by atoms with E-state index in [2.05, 4.69) is 51.8 Å². The van der Waals surface area contributed by atoms with Crippen molar-refractivity contribution in [3.8, 4) is 11.1 Å². The molecule has 2 heterocycles. The number of benzene rings is 3. The fraction of sp³-hybridized carbons (Fsp3) is 0.179. The van der Waals surface area contributed by atoms with Crippen LogP contribution in [-0.4, -0.2) is 32.3 Å². The minimum absolute atomic E-state index is 0.0458.